The molecule has 0 aromatic heterocycles. The molecule has 0 heterocycles. The van der Waals surface area contributed by atoms with Crippen molar-refractivity contribution in [1.29, 1.82) is 0 Å². The lowest BCUT2D eigenvalue weighted by molar-refractivity contribution is 0.0950. The van der Waals surface area contributed by atoms with Gasteiger partial charge in [-0.1, -0.05) is 23.8 Å². The van der Waals surface area contributed by atoms with Crippen molar-refractivity contribution in [3.8, 4) is 0 Å². The molecule has 2 rings (SSSR count). The van der Waals surface area contributed by atoms with Gasteiger partial charge in [-0.05, 0) is 51.2 Å². The van der Waals surface area contributed by atoms with E-state index in [-0.39, 0.29) is 16.8 Å². The normalized spacial score (nSPS) is 12.4. The molecule has 1 amide bonds. The van der Waals surface area contributed by atoms with Gasteiger partial charge in [-0.2, -0.15) is 0 Å². The van der Waals surface area contributed by atoms with Crippen LogP contribution in [0.5, 0.6) is 0 Å². The lowest BCUT2D eigenvalue weighted by atomic mass is 10.2. The largest absolute Gasteiger partial charge is 0.350 e. The van der Waals surface area contributed by atoms with Crippen molar-refractivity contribution in [2.24, 2.45) is 0 Å². The number of anilines is 1. The summed E-state index contributed by atoms with van der Waals surface area (Å²) in [6.07, 6.45) is 0. The second kappa shape index (κ2) is 8.13. The molecule has 2 aromatic carbocycles. The number of benzene rings is 2. The fourth-order valence-electron chi connectivity index (χ4n) is 2.09. The summed E-state index contributed by atoms with van der Waals surface area (Å²) in [6.45, 7) is 4.32. The zero-order chi connectivity index (χ0) is 18.4. The maximum atomic E-state index is 12.5. The Balaban J connectivity index is 2.16. The van der Waals surface area contributed by atoms with Crippen LogP contribution in [-0.4, -0.2) is 34.0 Å². The van der Waals surface area contributed by atoms with Crippen molar-refractivity contribution in [2.45, 2.75) is 24.8 Å². The number of aryl methyl sites for hydroxylation is 1. The van der Waals surface area contributed by atoms with E-state index in [9.17, 15) is 13.2 Å². The summed E-state index contributed by atoms with van der Waals surface area (Å²) in [5.74, 6) is -0.311. The second-order valence-corrected chi connectivity index (χ2v) is 7.58. The van der Waals surface area contributed by atoms with E-state index in [1.54, 1.807) is 31.3 Å². The number of sulfonamides is 1. The van der Waals surface area contributed by atoms with Gasteiger partial charge in [0.05, 0.1) is 4.90 Å². The molecule has 1 atom stereocenters. The molecule has 0 bridgehead atoms. The van der Waals surface area contributed by atoms with Gasteiger partial charge in [0.1, 0.15) is 0 Å². The van der Waals surface area contributed by atoms with E-state index >= 15 is 0 Å². The average Bonchev–Trinajstić information content (AvgIpc) is 2.61. The van der Waals surface area contributed by atoms with E-state index < -0.39 is 10.0 Å². The molecule has 0 aliphatic heterocycles. The van der Waals surface area contributed by atoms with Gasteiger partial charge < -0.3 is 10.6 Å². The van der Waals surface area contributed by atoms with Gasteiger partial charge in [0.15, 0.2) is 0 Å². The highest BCUT2D eigenvalue weighted by Gasteiger charge is 2.16. The molecule has 0 saturated heterocycles. The molecule has 0 spiro atoms. The quantitative estimate of drug-likeness (QED) is 0.705. The van der Waals surface area contributed by atoms with E-state index in [4.69, 9.17) is 0 Å². The SMILES string of the molecule is CNC(C)CNC(=O)c1cccc(S(=O)(=O)Nc2ccc(C)cc2)c1. The lowest BCUT2D eigenvalue weighted by Crippen LogP contribution is -2.37. The summed E-state index contributed by atoms with van der Waals surface area (Å²) in [4.78, 5) is 12.2. The van der Waals surface area contributed by atoms with Crippen molar-refractivity contribution in [1.82, 2.24) is 10.6 Å². The van der Waals surface area contributed by atoms with Crippen molar-refractivity contribution in [3.05, 3.63) is 59.7 Å². The zero-order valence-corrected chi connectivity index (χ0v) is 15.4. The zero-order valence-electron chi connectivity index (χ0n) is 14.5. The lowest BCUT2D eigenvalue weighted by Gasteiger charge is -2.12. The van der Waals surface area contributed by atoms with Gasteiger partial charge in [-0.3, -0.25) is 9.52 Å². The van der Waals surface area contributed by atoms with Crippen LogP contribution in [0.1, 0.15) is 22.8 Å². The highest BCUT2D eigenvalue weighted by molar-refractivity contribution is 7.92. The van der Waals surface area contributed by atoms with Crippen LogP contribution in [0.2, 0.25) is 0 Å². The van der Waals surface area contributed by atoms with Crippen LogP contribution in [-0.2, 0) is 10.0 Å². The Hall–Kier alpha value is -2.38. The Labute approximate surface area is 148 Å². The molecular formula is C18H23N3O3S. The Morgan fingerprint density at radius 1 is 1.12 bits per heavy atom. The first kappa shape index (κ1) is 19.0. The second-order valence-electron chi connectivity index (χ2n) is 5.90. The van der Waals surface area contributed by atoms with Crippen LogP contribution < -0.4 is 15.4 Å². The molecule has 0 aliphatic carbocycles. The molecule has 0 radical (unpaired) electrons. The minimum absolute atomic E-state index is 0.0439. The monoisotopic (exact) mass is 361 g/mol. The highest BCUT2D eigenvalue weighted by Crippen LogP contribution is 2.17. The molecular weight excluding hydrogens is 338 g/mol. The third-order valence-electron chi connectivity index (χ3n) is 3.77. The summed E-state index contributed by atoms with van der Waals surface area (Å²) in [5, 5.41) is 5.79. The smallest absolute Gasteiger partial charge is 0.261 e. The molecule has 0 aliphatic rings. The Kier molecular flexibility index (Phi) is 6.17. The topological polar surface area (TPSA) is 87.3 Å². The molecule has 1 unspecified atom stereocenters. The summed E-state index contributed by atoms with van der Waals surface area (Å²) in [6, 6.07) is 13.1. The highest BCUT2D eigenvalue weighted by atomic mass is 32.2. The van der Waals surface area contributed by atoms with Gasteiger partial charge >= 0.3 is 0 Å². The fraction of sp³-hybridized carbons (Fsp3) is 0.278. The average molecular weight is 361 g/mol. The fourth-order valence-corrected chi connectivity index (χ4v) is 3.19. The van der Waals surface area contributed by atoms with Crippen molar-refractivity contribution < 1.29 is 13.2 Å². The number of likely N-dealkylation sites (N-methyl/N-ethyl adjacent to an activating group) is 1. The number of rotatable bonds is 7. The molecule has 0 saturated carbocycles. The first-order valence-corrected chi connectivity index (χ1v) is 9.45. The van der Waals surface area contributed by atoms with Crippen molar-refractivity contribution >= 4 is 21.6 Å². The van der Waals surface area contributed by atoms with Gasteiger partial charge in [0.2, 0.25) is 0 Å². The minimum atomic E-state index is -3.76. The number of hydrogen-bond acceptors (Lipinski definition) is 4. The third kappa shape index (κ3) is 5.30. The number of hydrogen-bond donors (Lipinski definition) is 3. The Bertz CT molecular complexity index is 833. The maximum absolute atomic E-state index is 12.5. The minimum Gasteiger partial charge on any atom is -0.350 e. The standard InChI is InChI=1S/C18H23N3O3S/c1-13-7-9-16(10-8-13)21-25(23,24)17-6-4-5-15(11-17)18(22)20-12-14(2)19-3/h4-11,14,19,21H,12H2,1-3H3,(H,20,22). The maximum Gasteiger partial charge on any atom is 0.261 e. The van der Waals surface area contributed by atoms with Gasteiger partial charge in [-0.15, -0.1) is 0 Å². The van der Waals surface area contributed by atoms with Crippen LogP contribution in [0, 0.1) is 6.92 Å². The number of carbonyl (C=O) groups is 1. The van der Waals surface area contributed by atoms with E-state index in [1.165, 1.54) is 12.1 Å². The molecule has 25 heavy (non-hydrogen) atoms. The van der Waals surface area contributed by atoms with Crippen LogP contribution >= 0.6 is 0 Å². The number of nitrogens with one attached hydrogen (secondary N) is 3. The number of amides is 1. The van der Waals surface area contributed by atoms with E-state index in [2.05, 4.69) is 15.4 Å². The molecule has 134 valence electrons. The predicted octanol–water partition coefficient (Wildman–Crippen LogP) is 2.13. The van der Waals surface area contributed by atoms with Gasteiger partial charge in [0.25, 0.3) is 15.9 Å². The summed E-state index contributed by atoms with van der Waals surface area (Å²) >= 11 is 0. The van der Waals surface area contributed by atoms with E-state index in [0.717, 1.165) is 5.56 Å². The van der Waals surface area contributed by atoms with E-state index in [0.29, 0.717) is 17.8 Å². The first-order chi connectivity index (χ1) is 11.8. The van der Waals surface area contributed by atoms with Crippen molar-refractivity contribution in [2.75, 3.05) is 18.3 Å². The van der Waals surface area contributed by atoms with Gasteiger partial charge in [-0.25, -0.2) is 8.42 Å². The molecule has 0 fully saturated rings. The summed E-state index contributed by atoms with van der Waals surface area (Å²) in [7, 11) is -1.95. The molecule has 3 N–H and O–H groups in total. The summed E-state index contributed by atoms with van der Waals surface area (Å²) in [5.41, 5.74) is 1.82. The van der Waals surface area contributed by atoms with Crippen LogP contribution in [0.25, 0.3) is 0 Å². The first-order valence-electron chi connectivity index (χ1n) is 7.97. The van der Waals surface area contributed by atoms with Crippen LogP contribution in [0.4, 0.5) is 5.69 Å². The Morgan fingerprint density at radius 3 is 2.44 bits per heavy atom. The summed E-state index contributed by atoms with van der Waals surface area (Å²) < 4.78 is 27.6. The molecule has 7 heteroatoms. The van der Waals surface area contributed by atoms with Crippen molar-refractivity contribution in [3.63, 3.8) is 0 Å². The van der Waals surface area contributed by atoms with Crippen LogP contribution in [0.15, 0.2) is 53.4 Å². The van der Waals surface area contributed by atoms with Gasteiger partial charge in [0, 0.05) is 23.8 Å². The number of carbonyl (C=O) groups excluding carboxylic acids is 1. The van der Waals surface area contributed by atoms with E-state index in [1.807, 2.05) is 26.0 Å². The predicted molar refractivity (Wildman–Crippen MR) is 99.3 cm³/mol. The molecule has 2 aromatic rings. The Morgan fingerprint density at radius 2 is 1.80 bits per heavy atom. The third-order valence-corrected chi connectivity index (χ3v) is 5.15. The van der Waals surface area contributed by atoms with Crippen LogP contribution in [0.3, 0.4) is 0 Å². The molecule has 6 nitrogen and oxygen atoms in total.